The normalized spacial score (nSPS) is 10.6. The molecule has 0 aliphatic rings. The van der Waals surface area contributed by atoms with Crippen molar-refractivity contribution in [1.82, 2.24) is 0 Å². The van der Waals surface area contributed by atoms with Crippen molar-refractivity contribution in [2.24, 2.45) is 0 Å². The molecule has 0 unspecified atom stereocenters. The molecule has 0 saturated heterocycles. The van der Waals surface area contributed by atoms with Crippen molar-refractivity contribution in [3.63, 3.8) is 0 Å². The molecule has 0 heterocycles. The van der Waals surface area contributed by atoms with Crippen LogP contribution < -0.4 is 0 Å². The van der Waals surface area contributed by atoms with Gasteiger partial charge in [-0.1, -0.05) is 72.8 Å². The van der Waals surface area contributed by atoms with Crippen molar-refractivity contribution in [2.75, 3.05) is 42.7 Å². The van der Waals surface area contributed by atoms with Crippen molar-refractivity contribution >= 4 is 35.8 Å². The van der Waals surface area contributed by atoms with Gasteiger partial charge in [0.2, 0.25) is 0 Å². The molecule has 66 heavy (non-hydrogen) atoms. The van der Waals surface area contributed by atoms with Crippen LogP contribution in [0.2, 0.25) is 0 Å². The van der Waals surface area contributed by atoms with Crippen molar-refractivity contribution < 1.29 is 57.2 Å². The Hall–Kier alpha value is -8.64. The highest BCUT2D eigenvalue weighted by Crippen LogP contribution is 2.56. The van der Waals surface area contributed by atoms with Crippen LogP contribution in [0.3, 0.4) is 0 Å². The lowest BCUT2D eigenvalue weighted by atomic mass is 9.74. The number of esters is 6. The lowest BCUT2D eigenvalue weighted by molar-refractivity contribution is 0.0592. The third-order valence-electron chi connectivity index (χ3n) is 11.1. The van der Waals surface area contributed by atoms with Gasteiger partial charge in [0, 0.05) is 0 Å². The predicted molar refractivity (Wildman–Crippen MR) is 247 cm³/mol. The molecule has 0 fully saturated rings. The number of hydrogen-bond acceptors (Lipinski definition) is 12. The fourth-order valence-electron chi connectivity index (χ4n) is 7.83. The minimum Gasteiger partial charge on any atom is -0.465 e. The smallest absolute Gasteiger partial charge is 0.337 e. The van der Waals surface area contributed by atoms with Gasteiger partial charge in [-0.3, -0.25) is 0 Å². The summed E-state index contributed by atoms with van der Waals surface area (Å²) >= 11 is 0. The second kappa shape index (κ2) is 19.8. The van der Waals surface area contributed by atoms with Gasteiger partial charge < -0.3 is 28.4 Å². The van der Waals surface area contributed by atoms with Crippen LogP contribution in [0.15, 0.2) is 146 Å². The van der Waals surface area contributed by atoms with Gasteiger partial charge in [0.25, 0.3) is 0 Å². The molecule has 0 bridgehead atoms. The maximum atomic E-state index is 12.8. The van der Waals surface area contributed by atoms with Crippen molar-refractivity contribution in [1.29, 1.82) is 0 Å². The highest BCUT2D eigenvalue weighted by Gasteiger charge is 2.30. The molecule has 12 nitrogen and oxygen atoms in total. The maximum absolute atomic E-state index is 12.8. The van der Waals surface area contributed by atoms with E-state index in [2.05, 4.69) is 0 Å². The van der Waals surface area contributed by atoms with Crippen LogP contribution in [0.5, 0.6) is 0 Å². The third-order valence-corrected chi connectivity index (χ3v) is 11.1. The molecule has 7 rings (SSSR count). The van der Waals surface area contributed by atoms with Gasteiger partial charge in [0.1, 0.15) is 0 Å². The number of benzene rings is 7. The number of carbonyl (C=O) groups excluding carboxylic acids is 6. The quantitative estimate of drug-likeness (QED) is 0.0846. The summed E-state index contributed by atoms with van der Waals surface area (Å²) in [5.41, 5.74) is 9.58. The molecule has 0 aliphatic carbocycles. The van der Waals surface area contributed by atoms with E-state index in [0.29, 0.717) is 100 Å². The van der Waals surface area contributed by atoms with Gasteiger partial charge in [-0.25, -0.2) is 28.8 Å². The molecule has 0 amide bonds. The Labute approximate surface area is 380 Å². The summed E-state index contributed by atoms with van der Waals surface area (Å²) in [5, 5.41) is 0. The first-order chi connectivity index (χ1) is 32.0. The predicted octanol–water partition coefficient (Wildman–Crippen LogP) is 10.4. The van der Waals surface area contributed by atoms with Crippen LogP contribution in [-0.4, -0.2) is 78.5 Å². The van der Waals surface area contributed by atoms with Gasteiger partial charge in [-0.2, -0.15) is 0 Å². The number of carbonyl (C=O) groups is 6. The first-order valence-corrected chi connectivity index (χ1v) is 20.3. The van der Waals surface area contributed by atoms with E-state index < -0.39 is 35.8 Å². The summed E-state index contributed by atoms with van der Waals surface area (Å²) < 4.78 is 30.3. The van der Waals surface area contributed by atoms with Crippen molar-refractivity contribution in [3.8, 4) is 66.8 Å². The third kappa shape index (κ3) is 8.93. The summed E-state index contributed by atoms with van der Waals surface area (Å²) in [6, 6.07) is 41.5. The molecule has 0 saturated carbocycles. The van der Waals surface area contributed by atoms with E-state index in [1.165, 1.54) is 42.7 Å². The first kappa shape index (κ1) is 45.4. The Morgan fingerprint density at radius 3 is 0.409 bits per heavy atom. The lowest BCUT2D eigenvalue weighted by Crippen LogP contribution is -2.06. The van der Waals surface area contributed by atoms with Crippen molar-refractivity contribution in [3.05, 3.63) is 179 Å². The molecule has 0 N–H and O–H groups in total. The summed E-state index contributed by atoms with van der Waals surface area (Å²) in [6.07, 6.45) is 0. The zero-order valence-electron chi connectivity index (χ0n) is 36.8. The number of hydrogen-bond donors (Lipinski definition) is 0. The van der Waals surface area contributed by atoms with E-state index >= 15 is 0 Å². The highest BCUT2D eigenvalue weighted by molar-refractivity contribution is 6.16. The Morgan fingerprint density at radius 2 is 0.318 bits per heavy atom. The molecule has 0 atom stereocenters. The molecule has 12 heteroatoms. The Morgan fingerprint density at radius 1 is 0.212 bits per heavy atom. The molecule has 7 aromatic rings. The molecule has 7 aromatic carbocycles. The molecular weight excluding hydrogens is 841 g/mol. The first-order valence-electron chi connectivity index (χ1n) is 20.3. The zero-order chi connectivity index (χ0) is 47.1. The Bertz CT molecular complexity index is 2420. The molecule has 0 aromatic heterocycles. The number of rotatable bonds is 12. The number of ether oxygens (including phenoxy) is 6. The van der Waals surface area contributed by atoms with Crippen LogP contribution in [0, 0.1) is 0 Å². The van der Waals surface area contributed by atoms with Gasteiger partial charge in [0.05, 0.1) is 76.0 Å². The molecule has 0 radical (unpaired) electrons. The van der Waals surface area contributed by atoms with Crippen LogP contribution in [0.25, 0.3) is 66.8 Å². The Balaban J connectivity index is 1.78. The maximum Gasteiger partial charge on any atom is 0.337 e. The van der Waals surface area contributed by atoms with E-state index in [9.17, 15) is 28.8 Å². The molecular formula is C54H42O12. The van der Waals surface area contributed by atoms with Crippen LogP contribution >= 0.6 is 0 Å². The van der Waals surface area contributed by atoms with Crippen LogP contribution in [0.1, 0.15) is 62.1 Å². The monoisotopic (exact) mass is 882 g/mol. The van der Waals surface area contributed by atoms with Gasteiger partial charge in [0.15, 0.2) is 0 Å². The minimum atomic E-state index is -0.540. The average molecular weight is 883 g/mol. The molecule has 0 spiro atoms. The summed E-state index contributed by atoms with van der Waals surface area (Å²) in [5.74, 6) is -3.24. The fraction of sp³-hybridized carbons (Fsp3) is 0.111. The van der Waals surface area contributed by atoms with Gasteiger partial charge in [-0.05, 0) is 140 Å². The lowest BCUT2D eigenvalue weighted by Gasteiger charge is -2.29. The summed E-state index contributed by atoms with van der Waals surface area (Å²) in [7, 11) is 7.80. The average Bonchev–Trinajstić information content (AvgIpc) is 3.38. The second-order valence-corrected chi connectivity index (χ2v) is 14.7. The molecule has 0 aliphatic heterocycles. The van der Waals surface area contributed by atoms with E-state index in [1.54, 1.807) is 146 Å². The van der Waals surface area contributed by atoms with Crippen LogP contribution in [0.4, 0.5) is 0 Å². The highest BCUT2D eigenvalue weighted by atomic mass is 16.5. The SMILES string of the molecule is COC(=O)c1ccc(-c2c(-c3ccc(C(=O)OC)cc3)c(-c3ccc(C(=O)OC)cc3)c(-c3ccc(C(=O)OC)cc3)c(-c3ccc(C(=O)OC)cc3)c2-c2ccc(C(=O)OC)cc2)cc1. The van der Waals surface area contributed by atoms with E-state index in [-0.39, 0.29) is 0 Å². The van der Waals surface area contributed by atoms with Gasteiger partial charge in [-0.15, -0.1) is 0 Å². The number of methoxy groups -OCH3 is 6. The minimum absolute atomic E-state index is 0.300. The second-order valence-electron chi connectivity index (χ2n) is 14.7. The van der Waals surface area contributed by atoms with E-state index in [4.69, 9.17) is 28.4 Å². The molecule has 330 valence electrons. The van der Waals surface area contributed by atoms with Crippen LogP contribution in [-0.2, 0) is 28.4 Å². The topological polar surface area (TPSA) is 158 Å². The van der Waals surface area contributed by atoms with Crippen molar-refractivity contribution in [2.45, 2.75) is 0 Å². The van der Waals surface area contributed by atoms with E-state index in [0.717, 1.165) is 0 Å². The zero-order valence-corrected chi connectivity index (χ0v) is 36.8. The van der Waals surface area contributed by atoms with Gasteiger partial charge >= 0.3 is 35.8 Å². The fourth-order valence-corrected chi connectivity index (χ4v) is 7.83. The Kier molecular flexibility index (Phi) is 13.6. The summed E-state index contributed by atoms with van der Waals surface area (Å²) in [4.78, 5) is 77.0. The summed E-state index contributed by atoms with van der Waals surface area (Å²) in [6.45, 7) is 0. The standard InChI is InChI=1S/C54H42O12/c1-61-49(55)37-19-7-31(8-20-37)43-44(32-9-21-38(22-10-32)50(56)62-2)46(34-13-25-40(26-14-34)52(58)64-4)48(36-17-29-42(30-18-36)54(60)66-6)47(35-15-27-41(28-16-35)53(59)65-5)45(43)33-11-23-39(24-12-33)51(57)63-3/h7-30H,1-6H3. The van der Waals surface area contributed by atoms with E-state index in [1.807, 2.05) is 0 Å². The largest absolute Gasteiger partial charge is 0.465 e.